The molecule has 0 aromatic heterocycles. The van der Waals surface area contributed by atoms with Crippen molar-refractivity contribution >= 4 is 17.8 Å². The number of carbonyl (C=O) groups excluding carboxylic acids is 3. The molecule has 7 nitrogen and oxygen atoms in total. The van der Waals surface area contributed by atoms with Crippen molar-refractivity contribution in [1.29, 1.82) is 0 Å². The highest BCUT2D eigenvalue weighted by atomic mass is 16.5. The first-order valence-corrected chi connectivity index (χ1v) is 8.51. The lowest BCUT2D eigenvalue weighted by Gasteiger charge is -2.36. The molecule has 2 aliphatic rings. The van der Waals surface area contributed by atoms with E-state index in [9.17, 15) is 14.4 Å². The molecule has 0 saturated carbocycles. The van der Waals surface area contributed by atoms with Crippen molar-refractivity contribution in [3.05, 3.63) is 35.4 Å². The number of hydrogen-bond donors (Lipinski definition) is 1. The smallest absolute Gasteiger partial charge is 0.308 e. The Morgan fingerprint density at radius 3 is 2.76 bits per heavy atom. The van der Waals surface area contributed by atoms with Gasteiger partial charge in [-0.1, -0.05) is 24.3 Å². The number of fused-ring (bicyclic) bond motifs is 1. The van der Waals surface area contributed by atoms with Crippen molar-refractivity contribution < 1.29 is 19.1 Å². The molecule has 134 valence electrons. The van der Waals surface area contributed by atoms with Crippen LogP contribution in [0.2, 0.25) is 0 Å². The Hall–Kier alpha value is -2.41. The van der Waals surface area contributed by atoms with E-state index in [1.54, 1.807) is 0 Å². The van der Waals surface area contributed by atoms with E-state index in [2.05, 4.69) is 27.1 Å². The van der Waals surface area contributed by atoms with E-state index in [0.717, 1.165) is 19.5 Å². The predicted molar refractivity (Wildman–Crippen MR) is 90.6 cm³/mol. The minimum absolute atomic E-state index is 0.114. The molecule has 1 aromatic rings. The molecule has 1 saturated heterocycles. The highest BCUT2D eigenvalue weighted by Crippen LogP contribution is 2.19. The molecule has 3 rings (SSSR count). The number of methoxy groups -OCH3 is 1. The van der Waals surface area contributed by atoms with Gasteiger partial charge in [-0.15, -0.1) is 0 Å². The zero-order valence-electron chi connectivity index (χ0n) is 14.4. The summed E-state index contributed by atoms with van der Waals surface area (Å²) in [5.74, 6) is -0.913. The SMILES string of the molecule is COC(=O)CC1C(=O)NCCN1C(=O)CN1CCc2ccccc2C1. The number of nitrogens with zero attached hydrogens (tertiary/aromatic N) is 2. The predicted octanol–water partition coefficient (Wildman–Crippen LogP) is -0.0652. The number of carbonyl (C=O) groups is 3. The Bertz CT molecular complexity index is 676. The fourth-order valence-electron chi connectivity index (χ4n) is 3.43. The minimum Gasteiger partial charge on any atom is -0.469 e. The zero-order valence-corrected chi connectivity index (χ0v) is 14.4. The summed E-state index contributed by atoms with van der Waals surface area (Å²) in [4.78, 5) is 40.0. The third kappa shape index (κ3) is 3.99. The van der Waals surface area contributed by atoms with E-state index in [1.807, 2.05) is 12.1 Å². The molecule has 2 amide bonds. The van der Waals surface area contributed by atoms with Crippen LogP contribution in [0.15, 0.2) is 24.3 Å². The second-order valence-corrected chi connectivity index (χ2v) is 6.40. The van der Waals surface area contributed by atoms with Crippen LogP contribution in [0.4, 0.5) is 0 Å². The van der Waals surface area contributed by atoms with E-state index in [0.29, 0.717) is 13.1 Å². The van der Waals surface area contributed by atoms with Crippen LogP contribution in [0.25, 0.3) is 0 Å². The molecule has 1 aromatic carbocycles. The maximum absolute atomic E-state index is 12.8. The molecule has 7 heteroatoms. The molecule has 1 unspecified atom stereocenters. The minimum atomic E-state index is -0.786. The van der Waals surface area contributed by atoms with Gasteiger partial charge in [-0.05, 0) is 17.5 Å². The molecule has 0 aliphatic carbocycles. The fourth-order valence-corrected chi connectivity index (χ4v) is 3.43. The summed E-state index contributed by atoms with van der Waals surface area (Å²) in [6.07, 6.45) is 0.798. The lowest BCUT2D eigenvalue weighted by molar-refractivity contribution is -0.150. The van der Waals surface area contributed by atoms with Gasteiger partial charge in [0.1, 0.15) is 6.04 Å². The Kier molecular flexibility index (Phi) is 5.33. The molecule has 0 radical (unpaired) electrons. The summed E-state index contributed by atoms with van der Waals surface area (Å²) >= 11 is 0. The van der Waals surface area contributed by atoms with Gasteiger partial charge >= 0.3 is 5.97 Å². The van der Waals surface area contributed by atoms with E-state index in [4.69, 9.17) is 0 Å². The molecule has 0 bridgehead atoms. The highest BCUT2D eigenvalue weighted by molar-refractivity contribution is 5.92. The van der Waals surface area contributed by atoms with E-state index in [1.165, 1.54) is 23.1 Å². The van der Waals surface area contributed by atoms with Crippen LogP contribution < -0.4 is 5.32 Å². The molecule has 1 atom stereocenters. The average Bonchev–Trinajstić information content (AvgIpc) is 2.63. The summed E-state index contributed by atoms with van der Waals surface area (Å²) in [6, 6.07) is 7.45. The van der Waals surface area contributed by atoms with E-state index in [-0.39, 0.29) is 24.8 Å². The van der Waals surface area contributed by atoms with Gasteiger partial charge in [0.2, 0.25) is 11.8 Å². The third-order valence-corrected chi connectivity index (χ3v) is 4.81. The number of ether oxygens (including phenoxy) is 1. The summed E-state index contributed by atoms with van der Waals surface area (Å²) < 4.78 is 4.65. The molecule has 25 heavy (non-hydrogen) atoms. The standard InChI is InChI=1S/C18H23N3O4/c1-25-17(23)10-15-18(24)19-7-9-21(15)16(22)12-20-8-6-13-4-2-3-5-14(13)11-20/h2-5,15H,6-12H2,1H3,(H,19,24). The van der Waals surface area contributed by atoms with Gasteiger partial charge in [0.25, 0.3) is 0 Å². The van der Waals surface area contributed by atoms with Crippen molar-refractivity contribution in [2.24, 2.45) is 0 Å². The van der Waals surface area contributed by atoms with Crippen molar-refractivity contribution in [1.82, 2.24) is 15.1 Å². The van der Waals surface area contributed by atoms with Gasteiger partial charge < -0.3 is 15.0 Å². The van der Waals surface area contributed by atoms with Gasteiger partial charge in [-0.2, -0.15) is 0 Å². The number of esters is 1. The van der Waals surface area contributed by atoms with E-state index < -0.39 is 12.0 Å². The van der Waals surface area contributed by atoms with Crippen LogP contribution in [0.3, 0.4) is 0 Å². The summed E-state index contributed by atoms with van der Waals surface area (Å²) in [6.45, 7) is 2.61. The first-order chi connectivity index (χ1) is 12.1. The number of amides is 2. The lowest BCUT2D eigenvalue weighted by atomic mass is 10.00. The van der Waals surface area contributed by atoms with Gasteiger partial charge in [-0.25, -0.2) is 0 Å². The normalized spacial score (nSPS) is 20.6. The van der Waals surface area contributed by atoms with Crippen LogP contribution in [-0.4, -0.2) is 66.9 Å². The number of nitrogens with one attached hydrogen (secondary N) is 1. The zero-order chi connectivity index (χ0) is 17.8. The van der Waals surface area contributed by atoms with Gasteiger partial charge in [-0.3, -0.25) is 19.3 Å². The first-order valence-electron chi connectivity index (χ1n) is 8.51. The quantitative estimate of drug-likeness (QED) is 0.773. The average molecular weight is 345 g/mol. The second kappa shape index (κ2) is 7.65. The maximum atomic E-state index is 12.8. The van der Waals surface area contributed by atoms with Crippen molar-refractivity contribution in [3.8, 4) is 0 Å². The van der Waals surface area contributed by atoms with Crippen LogP contribution in [-0.2, 0) is 32.1 Å². The third-order valence-electron chi connectivity index (χ3n) is 4.81. The first kappa shape index (κ1) is 17.4. The molecular weight excluding hydrogens is 322 g/mol. The Labute approximate surface area is 146 Å². The fraction of sp³-hybridized carbons (Fsp3) is 0.500. The maximum Gasteiger partial charge on any atom is 0.308 e. The van der Waals surface area contributed by atoms with Crippen LogP contribution >= 0.6 is 0 Å². The molecule has 2 heterocycles. The van der Waals surface area contributed by atoms with Crippen LogP contribution in [0.1, 0.15) is 17.5 Å². The van der Waals surface area contributed by atoms with Crippen LogP contribution in [0, 0.1) is 0 Å². The summed E-state index contributed by atoms with van der Waals surface area (Å²) in [5, 5.41) is 2.71. The molecule has 1 N–H and O–H groups in total. The van der Waals surface area contributed by atoms with Crippen molar-refractivity contribution in [3.63, 3.8) is 0 Å². The number of rotatable bonds is 4. The molecule has 2 aliphatic heterocycles. The summed E-state index contributed by atoms with van der Waals surface area (Å²) in [7, 11) is 1.28. The summed E-state index contributed by atoms with van der Waals surface area (Å²) in [5.41, 5.74) is 2.57. The highest BCUT2D eigenvalue weighted by Gasteiger charge is 2.35. The van der Waals surface area contributed by atoms with Gasteiger partial charge in [0, 0.05) is 26.2 Å². The topological polar surface area (TPSA) is 79.0 Å². The molecule has 1 fully saturated rings. The van der Waals surface area contributed by atoms with Crippen LogP contribution in [0.5, 0.6) is 0 Å². The Balaban J connectivity index is 1.65. The monoisotopic (exact) mass is 345 g/mol. The van der Waals surface area contributed by atoms with Gasteiger partial charge in [0.05, 0.1) is 20.1 Å². The second-order valence-electron chi connectivity index (χ2n) is 6.40. The number of benzene rings is 1. The van der Waals surface area contributed by atoms with Crippen molar-refractivity contribution in [2.45, 2.75) is 25.4 Å². The van der Waals surface area contributed by atoms with E-state index >= 15 is 0 Å². The largest absolute Gasteiger partial charge is 0.469 e. The van der Waals surface area contributed by atoms with Crippen molar-refractivity contribution in [2.75, 3.05) is 33.3 Å². The lowest BCUT2D eigenvalue weighted by Crippen LogP contribution is -2.59. The molecular formula is C18H23N3O4. The number of piperazine rings is 1. The number of hydrogen-bond acceptors (Lipinski definition) is 5. The Morgan fingerprint density at radius 1 is 1.24 bits per heavy atom. The molecule has 0 spiro atoms. The Morgan fingerprint density at radius 2 is 2.00 bits per heavy atom. The van der Waals surface area contributed by atoms with Gasteiger partial charge in [0.15, 0.2) is 0 Å².